The second-order valence-corrected chi connectivity index (χ2v) is 5.49. The molecule has 1 aromatic carbocycles. The summed E-state index contributed by atoms with van der Waals surface area (Å²) in [5.41, 5.74) is 9.91. The maximum Gasteiger partial charge on any atom is 0.165 e. The van der Waals surface area contributed by atoms with Crippen molar-refractivity contribution in [3.8, 4) is 11.3 Å². The topological polar surface area (TPSA) is 78.9 Å². The van der Waals surface area contributed by atoms with E-state index in [2.05, 4.69) is 15.0 Å². The Morgan fingerprint density at radius 1 is 1.18 bits per heavy atom. The zero-order valence-corrected chi connectivity index (χ0v) is 12.1. The Balaban J connectivity index is 1.83. The first-order chi connectivity index (χ1) is 10.8. The van der Waals surface area contributed by atoms with Gasteiger partial charge in [0, 0.05) is 17.9 Å². The van der Waals surface area contributed by atoms with E-state index < -0.39 is 0 Å². The Labute approximate surface area is 128 Å². The molecule has 4 rings (SSSR count). The number of hydrogen-bond acceptors (Lipinski definition) is 5. The van der Waals surface area contributed by atoms with Gasteiger partial charge >= 0.3 is 0 Å². The minimum absolute atomic E-state index is 0.0161. The fourth-order valence-corrected chi connectivity index (χ4v) is 2.90. The van der Waals surface area contributed by atoms with Gasteiger partial charge in [-0.25, -0.2) is 15.0 Å². The van der Waals surface area contributed by atoms with E-state index in [9.17, 15) is 0 Å². The van der Waals surface area contributed by atoms with Gasteiger partial charge in [0.25, 0.3) is 0 Å². The third kappa shape index (κ3) is 2.21. The van der Waals surface area contributed by atoms with Gasteiger partial charge in [-0.05, 0) is 31.4 Å². The summed E-state index contributed by atoms with van der Waals surface area (Å²) in [6.07, 6.45) is 6.66. The maximum atomic E-state index is 5.87. The SMILES string of the molecule is Nc1cccc(-c2ncnc3c2ncn3C2CCCCO2)c1. The molecule has 6 heteroatoms. The van der Waals surface area contributed by atoms with Crippen LogP contribution in [0.2, 0.25) is 0 Å². The van der Waals surface area contributed by atoms with E-state index in [0.717, 1.165) is 48.3 Å². The van der Waals surface area contributed by atoms with Gasteiger partial charge in [0.15, 0.2) is 5.65 Å². The molecule has 6 nitrogen and oxygen atoms in total. The molecular weight excluding hydrogens is 278 g/mol. The van der Waals surface area contributed by atoms with Crippen molar-refractivity contribution in [1.82, 2.24) is 19.5 Å². The van der Waals surface area contributed by atoms with E-state index in [0.29, 0.717) is 5.69 Å². The molecule has 2 aromatic heterocycles. The first kappa shape index (κ1) is 13.2. The minimum Gasteiger partial charge on any atom is -0.399 e. The summed E-state index contributed by atoms with van der Waals surface area (Å²) in [5, 5.41) is 0. The number of aromatic nitrogens is 4. The second-order valence-electron chi connectivity index (χ2n) is 5.49. The Morgan fingerprint density at radius 3 is 2.95 bits per heavy atom. The summed E-state index contributed by atoms with van der Waals surface area (Å²) in [6.45, 7) is 0.789. The molecule has 3 heterocycles. The number of benzene rings is 1. The van der Waals surface area contributed by atoms with E-state index in [-0.39, 0.29) is 6.23 Å². The number of imidazole rings is 1. The molecule has 0 radical (unpaired) electrons. The highest BCUT2D eigenvalue weighted by molar-refractivity contribution is 5.87. The fraction of sp³-hybridized carbons (Fsp3) is 0.312. The molecule has 1 aliphatic heterocycles. The summed E-state index contributed by atoms with van der Waals surface area (Å²) in [4.78, 5) is 13.3. The summed E-state index contributed by atoms with van der Waals surface area (Å²) < 4.78 is 7.84. The molecule has 1 atom stereocenters. The highest BCUT2D eigenvalue weighted by atomic mass is 16.5. The van der Waals surface area contributed by atoms with Crippen molar-refractivity contribution in [2.45, 2.75) is 25.5 Å². The van der Waals surface area contributed by atoms with E-state index in [4.69, 9.17) is 10.5 Å². The number of anilines is 1. The lowest BCUT2D eigenvalue weighted by molar-refractivity contribution is -0.0298. The molecule has 0 bridgehead atoms. The van der Waals surface area contributed by atoms with Gasteiger partial charge in [0.1, 0.15) is 23.8 Å². The van der Waals surface area contributed by atoms with Crippen molar-refractivity contribution in [3.05, 3.63) is 36.9 Å². The van der Waals surface area contributed by atoms with Crippen molar-refractivity contribution >= 4 is 16.9 Å². The van der Waals surface area contributed by atoms with Crippen molar-refractivity contribution in [2.24, 2.45) is 0 Å². The Bertz CT molecular complexity index is 807. The van der Waals surface area contributed by atoms with Gasteiger partial charge in [-0.1, -0.05) is 12.1 Å². The normalized spacial score (nSPS) is 18.6. The molecule has 0 amide bonds. The predicted molar refractivity (Wildman–Crippen MR) is 84.0 cm³/mol. The standard InChI is InChI=1S/C16H17N5O/c17-12-5-3-4-11(8-12)14-15-16(19-9-18-14)21(10-20-15)13-6-1-2-7-22-13/h3-5,8-10,13H,1-2,6-7,17H2. The van der Waals surface area contributed by atoms with Crippen LogP contribution in [0, 0.1) is 0 Å². The number of fused-ring (bicyclic) bond motifs is 1. The van der Waals surface area contributed by atoms with E-state index in [1.165, 1.54) is 0 Å². The lowest BCUT2D eigenvalue weighted by Crippen LogP contribution is -2.17. The molecule has 0 aliphatic carbocycles. The van der Waals surface area contributed by atoms with Crippen LogP contribution in [0.5, 0.6) is 0 Å². The summed E-state index contributed by atoms with van der Waals surface area (Å²) in [7, 11) is 0. The molecule has 3 aromatic rings. The predicted octanol–water partition coefficient (Wildman–Crippen LogP) is 2.77. The minimum atomic E-state index is 0.0161. The molecule has 1 aliphatic rings. The maximum absolute atomic E-state index is 5.87. The monoisotopic (exact) mass is 295 g/mol. The fourth-order valence-electron chi connectivity index (χ4n) is 2.90. The van der Waals surface area contributed by atoms with Crippen molar-refractivity contribution in [3.63, 3.8) is 0 Å². The first-order valence-corrected chi connectivity index (χ1v) is 7.48. The van der Waals surface area contributed by atoms with Gasteiger partial charge in [0.2, 0.25) is 0 Å². The first-order valence-electron chi connectivity index (χ1n) is 7.48. The van der Waals surface area contributed by atoms with Crippen LogP contribution in [-0.2, 0) is 4.74 Å². The van der Waals surface area contributed by atoms with Gasteiger partial charge < -0.3 is 10.5 Å². The largest absolute Gasteiger partial charge is 0.399 e. The molecule has 0 spiro atoms. The number of nitrogens with zero attached hydrogens (tertiary/aromatic N) is 4. The molecule has 1 fully saturated rings. The molecule has 112 valence electrons. The van der Waals surface area contributed by atoms with Gasteiger partial charge in [-0.15, -0.1) is 0 Å². The van der Waals surface area contributed by atoms with Crippen molar-refractivity contribution in [1.29, 1.82) is 0 Å². The number of rotatable bonds is 2. The third-order valence-electron chi connectivity index (χ3n) is 3.98. The summed E-state index contributed by atoms with van der Waals surface area (Å²) >= 11 is 0. The second kappa shape index (κ2) is 5.38. The third-order valence-corrected chi connectivity index (χ3v) is 3.98. The lowest BCUT2D eigenvalue weighted by atomic mass is 10.1. The number of hydrogen-bond donors (Lipinski definition) is 1. The summed E-state index contributed by atoms with van der Waals surface area (Å²) in [5.74, 6) is 0. The Hall–Kier alpha value is -2.47. The highest BCUT2D eigenvalue weighted by Gasteiger charge is 2.20. The Morgan fingerprint density at radius 2 is 2.14 bits per heavy atom. The lowest BCUT2D eigenvalue weighted by Gasteiger charge is -2.23. The highest BCUT2D eigenvalue weighted by Crippen LogP contribution is 2.29. The van der Waals surface area contributed by atoms with E-state index in [1.54, 1.807) is 12.7 Å². The van der Waals surface area contributed by atoms with Crippen LogP contribution in [0.4, 0.5) is 5.69 Å². The number of ether oxygens (including phenoxy) is 1. The van der Waals surface area contributed by atoms with Crippen LogP contribution in [0.15, 0.2) is 36.9 Å². The van der Waals surface area contributed by atoms with Crippen LogP contribution in [0.25, 0.3) is 22.4 Å². The van der Waals surface area contributed by atoms with Crippen LogP contribution < -0.4 is 5.73 Å². The van der Waals surface area contributed by atoms with Gasteiger partial charge in [-0.2, -0.15) is 0 Å². The van der Waals surface area contributed by atoms with Gasteiger partial charge in [0.05, 0.1) is 6.33 Å². The average molecular weight is 295 g/mol. The van der Waals surface area contributed by atoms with Crippen LogP contribution in [-0.4, -0.2) is 26.1 Å². The van der Waals surface area contributed by atoms with Gasteiger partial charge in [-0.3, -0.25) is 4.57 Å². The van der Waals surface area contributed by atoms with Crippen molar-refractivity contribution < 1.29 is 4.74 Å². The molecular formula is C16H17N5O. The molecule has 0 saturated carbocycles. The van der Waals surface area contributed by atoms with Crippen LogP contribution in [0.3, 0.4) is 0 Å². The number of nitrogen functional groups attached to an aromatic ring is 1. The molecule has 22 heavy (non-hydrogen) atoms. The quantitative estimate of drug-likeness (QED) is 0.735. The molecule has 1 unspecified atom stereocenters. The number of nitrogens with two attached hydrogens (primary N) is 1. The van der Waals surface area contributed by atoms with Crippen LogP contribution in [0.1, 0.15) is 25.5 Å². The Kier molecular flexibility index (Phi) is 3.23. The molecule has 1 saturated heterocycles. The average Bonchev–Trinajstić information content (AvgIpc) is 2.99. The van der Waals surface area contributed by atoms with E-state index in [1.807, 2.05) is 28.8 Å². The van der Waals surface area contributed by atoms with Crippen molar-refractivity contribution in [2.75, 3.05) is 12.3 Å². The molecule has 2 N–H and O–H groups in total. The van der Waals surface area contributed by atoms with E-state index >= 15 is 0 Å². The zero-order chi connectivity index (χ0) is 14.9. The smallest absolute Gasteiger partial charge is 0.165 e. The van der Waals surface area contributed by atoms with Crippen LogP contribution >= 0.6 is 0 Å². The zero-order valence-electron chi connectivity index (χ0n) is 12.1. The summed E-state index contributed by atoms with van der Waals surface area (Å²) in [6, 6.07) is 7.66.